The van der Waals surface area contributed by atoms with Crippen molar-refractivity contribution in [3.63, 3.8) is 0 Å². The third-order valence-corrected chi connectivity index (χ3v) is 3.91. The Labute approximate surface area is 124 Å². The molecule has 0 unspecified atom stereocenters. The largest absolute Gasteiger partial charge is 0.468 e. The van der Waals surface area contributed by atoms with Crippen LogP contribution in [0.3, 0.4) is 0 Å². The lowest BCUT2D eigenvalue weighted by Crippen LogP contribution is -2.23. The van der Waals surface area contributed by atoms with E-state index >= 15 is 0 Å². The third kappa shape index (κ3) is 3.18. The van der Waals surface area contributed by atoms with Crippen LogP contribution in [0, 0.1) is 11.7 Å². The van der Waals surface area contributed by atoms with Crippen molar-refractivity contribution >= 4 is 33.4 Å². The van der Waals surface area contributed by atoms with Gasteiger partial charge in [0.25, 0.3) is 5.91 Å². The van der Waals surface area contributed by atoms with Gasteiger partial charge in [-0.3, -0.25) is 9.59 Å². The molecule has 21 heavy (non-hydrogen) atoms. The summed E-state index contributed by atoms with van der Waals surface area (Å²) in [5.41, 5.74) is 0.253. The number of esters is 1. The van der Waals surface area contributed by atoms with Crippen molar-refractivity contribution in [2.45, 2.75) is 20.4 Å². The molecular formula is C14H15FN2O3S. The molecule has 0 N–H and O–H groups in total. The highest BCUT2D eigenvalue weighted by atomic mass is 32.1. The van der Waals surface area contributed by atoms with E-state index in [-0.39, 0.29) is 23.9 Å². The normalized spacial score (nSPS) is 12.1. The number of rotatable bonds is 3. The maximum absolute atomic E-state index is 14.0. The number of halogens is 1. The van der Waals surface area contributed by atoms with E-state index in [4.69, 9.17) is 0 Å². The molecule has 1 aromatic carbocycles. The zero-order chi connectivity index (χ0) is 15.6. The number of carbonyl (C=O) groups is 2. The molecule has 0 bridgehead atoms. The number of carbonyl (C=O) groups excluding carboxylic acids is 2. The third-order valence-electron chi connectivity index (χ3n) is 2.87. The van der Waals surface area contributed by atoms with E-state index < -0.39 is 11.8 Å². The average molecular weight is 310 g/mol. The maximum Gasteiger partial charge on any atom is 0.325 e. The number of para-hydroxylation sites is 1. The molecule has 0 atom stereocenters. The van der Waals surface area contributed by atoms with Crippen LogP contribution < -0.4 is 4.80 Å². The van der Waals surface area contributed by atoms with E-state index in [2.05, 4.69) is 9.73 Å². The van der Waals surface area contributed by atoms with E-state index in [1.165, 1.54) is 17.7 Å². The summed E-state index contributed by atoms with van der Waals surface area (Å²) in [6.45, 7) is 3.26. The molecule has 0 radical (unpaired) electrons. The molecule has 2 rings (SSSR count). The summed E-state index contributed by atoms with van der Waals surface area (Å²) in [6.07, 6.45) is 0. The van der Waals surface area contributed by atoms with Crippen molar-refractivity contribution in [1.29, 1.82) is 0 Å². The minimum atomic E-state index is -0.531. The zero-order valence-corrected chi connectivity index (χ0v) is 12.7. The molecule has 7 heteroatoms. The maximum atomic E-state index is 14.0. The summed E-state index contributed by atoms with van der Waals surface area (Å²) >= 11 is 1.16. The summed E-state index contributed by atoms with van der Waals surface area (Å²) in [7, 11) is 1.25. The van der Waals surface area contributed by atoms with Crippen LogP contribution >= 0.6 is 11.3 Å². The molecule has 0 spiro atoms. The summed E-state index contributed by atoms with van der Waals surface area (Å²) in [4.78, 5) is 27.6. The number of ether oxygens (including phenoxy) is 1. The Hall–Kier alpha value is -2.02. The van der Waals surface area contributed by atoms with Crippen molar-refractivity contribution in [3.05, 3.63) is 28.8 Å². The lowest BCUT2D eigenvalue weighted by Gasteiger charge is -2.04. The lowest BCUT2D eigenvalue weighted by molar-refractivity contribution is -0.141. The summed E-state index contributed by atoms with van der Waals surface area (Å²) < 4.78 is 20.6. The van der Waals surface area contributed by atoms with E-state index in [0.717, 1.165) is 11.3 Å². The van der Waals surface area contributed by atoms with Gasteiger partial charge in [-0.2, -0.15) is 4.99 Å². The topological polar surface area (TPSA) is 60.7 Å². The fourth-order valence-electron chi connectivity index (χ4n) is 1.74. The first-order valence-corrected chi connectivity index (χ1v) is 7.19. The van der Waals surface area contributed by atoms with E-state index in [1.807, 2.05) is 0 Å². The number of aromatic nitrogens is 1. The van der Waals surface area contributed by atoms with E-state index in [1.54, 1.807) is 26.0 Å². The van der Waals surface area contributed by atoms with Crippen LogP contribution in [-0.4, -0.2) is 23.6 Å². The van der Waals surface area contributed by atoms with Gasteiger partial charge in [-0.1, -0.05) is 31.3 Å². The highest BCUT2D eigenvalue weighted by Gasteiger charge is 2.15. The number of nitrogens with zero attached hydrogens (tertiary/aromatic N) is 2. The second-order valence-electron chi connectivity index (χ2n) is 4.74. The van der Waals surface area contributed by atoms with Crippen molar-refractivity contribution in [3.8, 4) is 0 Å². The van der Waals surface area contributed by atoms with Gasteiger partial charge >= 0.3 is 5.97 Å². The Morgan fingerprint density at radius 3 is 2.76 bits per heavy atom. The molecule has 0 aliphatic heterocycles. The predicted octanol–water partition coefficient (Wildman–Crippen LogP) is 2.10. The van der Waals surface area contributed by atoms with E-state index in [9.17, 15) is 14.0 Å². The summed E-state index contributed by atoms with van der Waals surface area (Å²) in [6, 6.07) is 4.59. The number of benzene rings is 1. The minimum Gasteiger partial charge on any atom is -0.468 e. The molecule has 0 saturated heterocycles. The van der Waals surface area contributed by atoms with Crippen LogP contribution in [0.1, 0.15) is 13.8 Å². The van der Waals surface area contributed by atoms with Gasteiger partial charge in [-0.25, -0.2) is 4.39 Å². The van der Waals surface area contributed by atoms with Gasteiger partial charge in [0.05, 0.1) is 17.3 Å². The SMILES string of the molecule is COC(=O)Cn1c(=NC(=O)C(C)C)sc2cccc(F)c21. The van der Waals surface area contributed by atoms with Crippen molar-refractivity contribution in [2.24, 2.45) is 10.9 Å². The number of hydrogen-bond acceptors (Lipinski definition) is 4. The van der Waals surface area contributed by atoms with E-state index in [0.29, 0.717) is 9.50 Å². The van der Waals surface area contributed by atoms with Crippen molar-refractivity contribution in [1.82, 2.24) is 4.57 Å². The number of methoxy groups -OCH3 is 1. The van der Waals surface area contributed by atoms with Gasteiger partial charge < -0.3 is 9.30 Å². The second-order valence-corrected chi connectivity index (χ2v) is 5.75. The molecule has 0 saturated carbocycles. The fraction of sp³-hybridized carbons (Fsp3) is 0.357. The quantitative estimate of drug-likeness (QED) is 0.816. The summed E-state index contributed by atoms with van der Waals surface area (Å²) in [5.74, 6) is -1.59. The monoisotopic (exact) mass is 310 g/mol. The Morgan fingerprint density at radius 1 is 1.43 bits per heavy atom. The average Bonchev–Trinajstić information content (AvgIpc) is 2.77. The molecule has 112 valence electrons. The van der Waals surface area contributed by atoms with Crippen LogP contribution in [0.15, 0.2) is 23.2 Å². The first-order chi connectivity index (χ1) is 9.93. The molecule has 0 fully saturated rings. The fourth-order valence-corrected chi connectivity index (χ4v) is 2.79. The molecular weight excluding hydrogens is 295 g/mol. The van der Waals surface area contributed by atoms with Gasteiger partial charge in [0.2, 0.25) is 0 Å². The van der Waals surface area contributed by atoms with Gasteiger partial charge in [-0.15, -0.1) is 0 Å². The molecule has 1 aromatic heterocycles. The van der Waals surface area contributed by atoms with Crippen LogP contribution in [0.2, 0.25) is 0 Å². The number of thiazole rings is 1. The van der Waals surface area contributed by atoms with Gasteiger partial charge in [0.15, 0.2) is 4.80 Å². The Bertz CT molecular complexity index is 761. The van der Waals surface area contributed by atoms with Gasteiger partial charge in [0, 0.05) is 5.92 Å². The summed E-state index contributed by atoms with van der Waals surface area (Å²) in [5, 5.41) is 0. The lowest BCUT2D eigenvalue weighted by atomic mass is 10.2. The highest BCUT2D eigenvalue weighted by Crippen LogP contribution is 2.20. The van der Waals surface area contributed by atoms with Crippen LogP contribution in [-0.2, 0) is 20.9 Å². The first-order valence-electron chi connectivity index (χ1n) is 6.37. The molecule has 1 heterocycles. The molecule has 5 nitrogen and oxygen atoms in total. The molecule has 1 amide bonds. The van der Waals surface area contributed by atoms with Gasteiger partial charge in [0.1, 0.15) is 12.4 Å². The zero-order valence-electron chi connectivity index (χ0n) is 11.9. The smallest absolute Gasteiger partial charge is 0.325 e. The Kier molecular flexibility index (Phi) is 4.52. The second kappa shape index (κ2) is 6.17. The Morgan fingerprint density at radius 2 is 2.14 bits per heavy atom. The first kappa shape index (κ1) is 15.4. The number of fused-ring (bicyclic) bond motifs is 1. The standard InChI is InChI=1S/C14H15FN2O3S/c1-8(2)13(19)16-14-17(7-11(18)20-3)12-9(15)5-4-6-10(12)21-14/h4-6,8H,7H2,1-3H3. The van der Waals surface area contributed by atoms with Crippen LogP contribution in [0.5, 0.6) is 0 Å². The van der Waals surface area contributed by atoms with Crippen molar-refractivity contribution < 1.29 is 18.7 Å². The van der Waals surface area contributed by atoms with Crippen LogP contribution in [0.4, 0.5) is 4.39 Å². The Balaban J connectivity index is 2.69. The predicted molar refractivity (Wildman–Crippen MR) is 77.2 cm³/mol. The number of hydrogen-bond donors (Lipinski definition) is 0. The molecule has 0 aliphatic rings. The van der Waals surface area contributed by atoms with Crippen molar-refractivity contribution in [2.75, 3.05) is 7.11 Å². The molecule has 0 aliphatic carbocycles. The number of amides is 1. The minimum absolute atomic E-state index is 0.193. The van der Waals surface area contributed by atoms with Gasteiger partial charge in [-0.05, 0) is 12.1 Å². The highest BCUT2D eigenvalue weighted by molar-refractivity contribution is 7.16. The molecule has 2 aromatic rings. The van der Waals surface area contributed by atoms with Crippen LogP contribution in [0.25, 0.3) is 10.2 Å².